The van der Waals surface area contributed by atoms with Crippen LogP contribution in [0.15, 0.2) is 36.5 Å². The summed E-state index contributed by atoms with van der Waals surface area (Å²) in [5.74, 6) is -0.374. The number of ether oxygens (including phenoxy) is 1. The summed E-state index contributed by atoms with van der Waals surface area (Å²) < 4.78 is 5.31. The van der Waals surface area contributed by atoms with Crippen LogP contribution in [0.25, 0.3) is 0 Å². The lowest BCUT2D eigenvalue weighted by atomic mass is 9.80. The summed E-state index contributed by atoms with van der Waals surface area (Å²) in [6, 6.07) is 0. The molecule has 0 radical (unpaired) electrons. The largest absolute Gasteiger partial charge is 0.458 e. The Balaban J connectivity index is 2.01. The van der Waals surface area contributed by atoms with Gasteiger partial charge in [0.15, 0.2) is 0 Å². The molecule has 0 amide bonds. The van der Waals surface area contributed by atoms with Crippen LogP contribution in [0.5, 0.6) is 0 Å². The average Bonchev–Trinajstić information content (AvgIpc) is 2.78. The minimum atomic E-state index is -0.617. The van der Waals surface area contributed by atoms with E-state index in [0.29, 0.717) is 12.0 Å². The Bertz CT molecular complexity index is 462. The van der Waals surface area contributed by atoms with Crippen molar-refractivity contribution in [2.75, 3.05) is 0 Å². The number of esters is 1. The van der Waals surface area contributed by atoms with Crippen LogP contribution in [0.1, 0.15) is 19.3 Å². The molecule has 3 rings (SSSR count). The Kier molecular flexibility index (Phi) is 2.49. The molecule has 1 saturated heterocycles. The summed E-state index contributed by atoms with van der Waals surface area (Å²) >= 11 is 0. The number of fused-ring (bicyclic) bond motifs is 2. The predicted octanol–water partition coefficient (Wildman–Crippen LogP) is 1.99. The zero-order valence-electron chi connectivity index (χ0n) is 10.4. The van der Waals surface area contributed by atoms with E-state index in [9.17, 15) is 9.90 Å². The van der Waals surface area contributed by atoms with Crippen molar-refractivity contribution in [3.8, 4) is 0 Å². The van der Waals surface area contributed by atoms with E-state index in [-0.39, 0.29) is 29.8 Å². The average molecular weight is 246 g/mol. The number of hydrogen-bond donors (Lipinski definition) is 1. The second kappa shape index (κ2) is 3.82. The van der Waals surface area contributed by atoms with Crippen molar-refractivity contribution in [3.63, 3.8) is 0 Å². The van der Waals surface area contributed by atoms with Gasteiger partial charge in [0.2, 0.25) is 0 Å². The van der Waals surface area contributed by atoms with Crippen molar-refractivity contribution in [2.24, 2.45) is 17.8 Å². The van der Waals surface area contributed by atoms with Crippen LogP contribution in [0.3, 0.4) is 0 Å². The van der Waals surface area contributed by atoms with Gasteiger partial charge in [-0.2, -0.15) is 0 Å². The molecule has 5 atom stereocenters. The number of aliphatic hydroxyl groups is 1. The molecule has 0 aromatic rings. The standard InChI is InChI=1S/C15H18O3/c1-7-4-5-10-8(2)6-11-13(14(16)12(7)10)9(3)15(17)18-11/h10-14,16H,1-6H2/t10-,11-,12-,13+,14+/m0/s1. The maximum atomic E-state index is 11.6. The normalized spacial score (nSPS) is 43.5. The first-order chi connectivity index (χ1) is 8.50. The fourth-order valence-corrected chi connectivity index (χ4v) is 3.78. The zero-order chi connectivity index (χ0) is 13.0. The van der Waals surface area contributed by atoms with Gasteiger partial charge < -0.3 is 9.84 Å². The molecular formula is C15H18O3. The smallest absolute Gasteiger partial charge is 0.334 e. The molecule has 18 heavy (non-hydrogen) atoms. The summed E-state index contributed by atoms with van der Waals surface area (Å²) in [6.45, 7) is 12.0. The van der Waals surface area contributed by atoms with Gasteiger partial charge >= 0.3 is 5.97 Å². The molecule has 3 aliphatic rings. The maximum absolute atomic E-state index is 11.6. The third-order valence-corrected chi connectivity index (χ3v) is 4.73. The van der Waals surface area contributed by atoms with Crippen LogP contribution in [-0.4, -0.2) is 23.3 Å². The van der Waals surface area contributed by atoms with Gasteiger partial charge in [-0.05, 0) is 18.8 Å². The second-order valence-electron chi connectivity index (χ2n) is 5.68. The fraction of sp³-hybridized carbons (Fsp3) is 0.533. The molecule has 0 aromatic heterocycles. The molecule has 0 aromatic carbocycles. The molecule has 1 heterocycles. The highest BCUT2D eigenvalue weighted by atomic mass is 16.6. The van der Waals surface area contributed by atoms with Gasteiger partial charge in [-0.25, -0.2) is 4.79 Å². The van der Waals surface area contributed by atoms with Gasteiger partial charge in [0, 0.05) is 17.9 Å². The summed E-state index contributed by atoms with van der Waals surface area (Å²) in [6.07, 6.45) is 1.67. The number of rotatable bonds is 0. The maximum Gasteiger partial charge on any atom is 0.334 e. The van der Waals surface area contributed by atoms with Crippen LogP contribution in [0.4, 0.5) is 0 Å². The Hall–Kier alpha value is -1.35. The van der Waals surface area contributed by atoms with Crippen molar-refractivity contribution in [1.82, 2.24) is 0 Å². The highest BCUT2D eigenvalue weighted by Gasteiger charge is 2.52. The first-order valence-corrected chi connectivity index (χ1v) is 6.44. The quantitative estimate of drug-likeness (QED) is 0.404. The van der Waals surface area contributed by atoms with E-state index in [1.165, 1.54) is 0 Å². The summed E-state index contributed by atoms with van der Waals surface area (Å²) in [5.41, 5.74) is 2.55. The topological polar surface area (TPSA) is 46.5 Å². The molecular weight excluding hydrogens is 228 g/mol. The molecule has 2 saturated carbocycles. The molecule has 0 spiro atoms. The minimum Gasteiger partial charge on any atom is -0.458 e. The van der Waals surface area contributed by atoms with E-state index in [2.05, 4.69) is 19.7 Å². The molecule has 2 aliphatic carbocycles. The van der Waals surface area contributed by atoms with E-state index in [4.69, 9.17) is 4.74 Å². The van der Waals surface area contributed by atoms with Crippen LogP contribution in [-0.2, 0) is 9.53 Å². The Morgan fingerprint density at radius 2 is 1.89 bits per heavy atom. The van der Waals surface area contributed by atoms with E-state index >= 15 is 0 Å². The van der Waals surface area contributed by atoms with Gasteiger partial charge in [0.05, 0.1) is 12.0 Å². The molecule has 0 bridgehead atoms. The summed E-state index contributed by atoms with van der Waals surface area (Å²) in [5, 5.41) is 10.6. The van der Waals surface area contributed by atoms with Gasteiger partial charge in [0.25, 0.3) is 0 Å². The summed E-state index contributed by atoms with van der Waals surface area (Å²) in [4.78, 5) is 11.6. The predicted molar refractivity (Wildman–Crippen MR) is 67.6 cm³/mol. The number of aliphatic hydroxyl groups excluding tert-OH is 1. The zero-order valence-corrected chi connectivity index (χ0v) is 10.4. The second-order valence-corrected chi connectivity index (χ2v) is 5.68. The first-order valence-electron chi connectivity index (χ1n) is 6.44. The molecule has 96 valence electrons. The van der Waals surface area contributed by atoms with E-state index in [0.717, 1.165) is 24.0 Å². The minimum absolute atomic E-state index is 0.0127. The number of carbonyl (C=O) groups is 1. The van der Waals surface area contributed by atoms with Crippen LogP contribution >= 0.6 is 0 Å². The third-order valence-electron chi connectivity index (χ3n) is 4.73. The molecule has 1 aliphatic heterocycles. The number of hydrogen-bond acceptors (Lipinski definition) is 3. The molecule has 3 heteroatoms. The lowest BCUT2D eigenvalue weighted by molar-refractivity contribution is -0.139. The van der Waals surface area contributed by atoms with E-state index in [1.807, 2.05) is 0 Å². The Labute approximate surface area is 107 Å². The summed E-state index contributed by atoms with van der Waals surface area (Å²) in [7, 11) is 0. The van der Waals surface area contributed by atoms with Crippen molar-refractivity contribution in [3.05, 3.63) is 36.5 Å². The van der Waals surface area contributed by atoms with E-state index in [1.54, 1.807) is 0 Å². The van der Waals surface area contributed by atoms with Crippen LogP contribution in [0, 0.1) is 17.8 Å². The lowest BCUT2D eigenvalue weighted by Gasteiger charge is -2.27. The van der Waals surface area contributed by atoms with Crippen molar-refractivity contribution in [2.45, 2.75) is 31.5 Å². The van der Waals surface area contributed by atoms with E-state index < -0.39 is 6.10 Å². The highest BCUT2D eigenvalue weighted by molar-refractivity contribution is 5.91. The molecule has 1 N–H and O–H groups in total. The Morgan fingerprint density at radius 3 is 2.61 bits per heavy atom. The highest BCUT2D eigenvalue weighted by Crippen LogP contribution is 2.50. The van der Waals surface area contributed by atoms with Gasteiger partial charge in [-0.15, -0.1) is 0 Å². The van der Waals surface area contributed by atoms with Crippen LogP contribution in [0.2, 0.25) is 0 Å². The van der Waals surface area contributed by atoms with Crippen LogP contribution < -0.4 is 0 Å². The van der Waals surface area contributed by atoms with Gasteiger partial charge in [-0.3, -0.25) is 0 Å². The fourth-order valence-electron chi connectivity index (χ4n) is 3.78. The van der Waals surface area contributed by atoms with Gasteiger partial charge in [-0.1, -0.05) is 30.9 Å². The monoisotopic (exact) mass is 246 g/mol. The first kappa shape index (κ1) is 11.7. The van der Waals surface area contributed by atoms with Gasteiger partial charge in [0.1, 0.15) is 6.10 Å². The van der Waals surface area contributed by atoms with Crippen molar-refractivity contribution in [1.29, 1.82) is 0 Å². The lowest BCUT2D eigenvalue weighted by Crippen LogP contribution is -2.34. The molecule has 0 unspecified atom stereocenters. The number of carbonyl (C=O) groups excluding carboxylic acids is 1. The van der Waals surface area contributed by atoms with Crippen molar-refractivity contribution >= 4 is 5.97 Å². The SMILES string of the molecule is C=C1CC[C@H]2C(=C)C[C@@H]3OC(=O)C(=C)[C@H]3[C@H](O)[C@@H]12. The third kappa shape index (κ3) is 1.43. The Morgan fingerprint density at radius 1 is 1.17 bits per heavy atom. The van der Waals surface area contributed by atoms with Crippen molar-refractivity contribution < 1.29 is 14.6 Å². The molecule has 3 fully saturated rings. The molecule has 3 nitrogen and oxygen atoms in total.